The average Bonchev–Trinajstić information content (AvgIpc) is 3.45. The zero-order chi connectivity index (χ0) is 16.8. The highest BCUT2D eigenvalue weighted by Gasteiger charge is 2.36. The van der Waals surface area contributed by atoms with Crippen LogP contribution in [-0.2, 0) is 22.4 Å². The van der Waals surface area contributed by atoms with Crippen molar-refractivity contribution in [3.8, 4) is 0 Å². The first-order chi connectivity index (χ1) is 11.5. The molecule has 24 heavy (non-hydrogen) atoms. The molecule has 1 aromatic rings. The Morgan fingerprint density at radius 1 is 1.17 bits per heavy atom. The molecular weight excluding hydrogens is 322 g/mol. The van der Waals surface area contributed by atoms with Crippen LogP contribution in [0.4, 0.5) is 0 Å². The fourth-order valence-corrected chi connectivity index (χ4v) is 4.94. The Morgan fingerprint density at radius 3 is 2.58 bits per heavy atom. The van der Waals surface area contributed by atoms with Crippen LogP contribution in [0.25, 0.3) is 0 Å². The van der Waals surface area contributed by atoms with Crippen LogP contribution < -0.4 is 5.32 Å². The first-order valence-electron chi connectivity index (χ1n) is 9.02. The molecule has 128 valence electrons. The van der Waals surface area contributed by atoms with Gasteiger partial charge in [-0.1, -0.05) is 6.92 Å². The number of hydrogen-bond donors (Lipinski definition) is 1. The normalized spacial score (nSPS) is 23.0. The molecule has 1 N–H and O–H groups in total. The summed E-state index contributed by atoms with van der Waals surface area (Å²) in [5, 5.41) is 3.04. The number of fused-ring (bicyclic) bond motifs is 1. The van der Waals surface area contributed by atoms with E-state index in [9.17, 15) is 14.4 Å². The summed E-state index contributed by atoms with van der Waals surface area (Å²) >= 11 is 1.59. The highest BCUT2D eigenvalue weighted by molar-refractivity contribution is 7.12. The number of thiophene rings is 1. The van der Waals surface area contributed by atoms with Crippen LogP contribution in [0.15, 0.2) is 0 Å². The molecule has 1 heterocycles. The predicted octanol–water partition coefficient (Wildman–Crippen LogP) is 3.03. The lowest BCUT2D eigenvalue weighted by Crippen LogP contribution is -2.29. The van der Waals surface area contributed by atoms with E-state index in [-0.39, 0.29) is 29.3 Å². The molecular formula is C19H23NO3S. The number of nitrogens with one attached hydrogen (secondary N) is 1. The largest absolute Gasteiger partial charge is 0.352 e. The van der Waals surface area contributed by atoms with E-state index in [4.69, 9.17) is 0 Å². The average molecular weight is 345 g/mol. The van der Waals surface area contributed by atoms with E-state index in [1.807, 2.05) is 6.92 Å². The molecule has 1 amide bonds. The van der Waals surface area contributed by atoms with Gasteiger partial charge >= 0.3 is 0 Å². The SMILES string of the molecule is CC1C(=O)CCc2sc(CC(=O)C3CC3)c(C(=O)NCC3CC3)c21. The summed E-state index contributed by atoms with van der Waals surface area (Å²) in [7, 11) is 0. The van der Waals surface area contributed by atoms with E-state index in [0.717, 1.165) is 28.2 Å². The maximum Gasteiger partial charge on any atom is 0.252 e. The molecule has 0 bridgehead atoms. The van der Waals surface area contributed by atoms with Crippen LogP contribution >= 0.6 is 11.3 Å². The number of carbonyl (C=O) groups is 3. The Kier molecular flexibility index (Phi) is 4.07. The first-order valence-corrected chi connectivity index (χ1v) is 9.84. The Bertz CT molecular complexity index is 712. The minimum atomic E-state index is -0.226. The zero-order valence-electron chi connectivity index (χ0n) is 14.0. The monoisotopic (exact) mass is 345 g/mol. The minimum Gasteiger partial charge on any atom is -0.352 e. The lowest BCUT2D eigenvalue weighted by molar-refractivity contribution is -0.120. The van der Waals surface area contributed by atoms with E-state index in [1.165, 1.54) is 12.8 Å². The van der Waals surface area contributed by atoms with Gasteiger partial charge in [-0.3, -0.25) is 14.4 Å². The van der Waals surface area contributed by atoms with Gasteiger partial charge in [0.1, 0.15) is 11.6 Å². The lowest BCUT2D eigenvalue weighted by atomic mass is 9.84. The third-order valence-corrected chi connectivity index (χ3v) is 6.72. The summed E-state index contributed by atoms with van der Waals surface area (Å²) in [5.74, 6) is 0.959. The van der Waals surface area contributed by atoms with Crippen molar-refractivity contribution >= 4 is 28.8 Å². The number of amides is 1. The Morgan fingerprint density at radius 2 is 1.92 bits per heavy atom. The third kappa shape index (κ3) is 3.06. The Hall–Kier alpha value is -1.49. The summed E-state index contributed by atoms with van der Waals surface area (Å²) in [5.41, 5.74) is 1.55. The predicted molar refractivity (Wildman–Crippen MR) is 92.6 cm³/mol. The van der Waals surface area contributed by atoms with Crippen molar-refractivity contribution in [2.24, 2.45) is 11.8 Å². The van der Waals surface area contributed by atoms with Gasteiger partial charge in [-0.25, -0.2) is 0 Å². The number of rotatable bonds is 6. The summed E-state index contributed by atoms with van der Waals surface area (Å²) in [6, 6.07) is 0. The van der Waals surface area contributed by atoms with Gasteiger partial charge in [0.2, 0.25) is 0 Å². The molecule has 0 saturated heterocycles. The quantitative estimate of drug-likeness (QED) is 0.862. The standard InChI is InChI=1S/C19H23NO3S/c1-10-13(21)6-7-15-17(10)18(19(23)20-9-11-2-3-11)16(24-15)8-14(22)12-4-5-12/h10-12H,2-9H2,1H3,(H,20,23). The van der Waals surface area contributed by atoms with Gasteiger partial charge in [0.25, 0.3) is 5.91 Å². The maximum atomic E-state index is 12.8. The van der Waals surface area contributed by atoms with Gasteiger partial charge in [0.15, 0.2) is 0 Å². The van der Waals surface area contributed by atoms with Gasteiger partial charge in [0, 0.05) is 41.0 Å². The number of aryl methyl sites for hydroxylation is 1. The van der Waals surface area contributed by atoms with Crippen LogP contribution in [0, 0.1) is 11.8 Å². The lowest BCUT2D eigenvalue weighted by Gasteiger charge is -2.19. The first kappa shape index (κ1) is 16.0. The highest BCUT2D eigenvalue weighted by atomic mass is 32.1. The summed E-state index contributed by atoms with van der Waals surface area (Å²) in [6.07, 6.45) is 5.96. The van der Waals surface area contributed by atoms with E-state index < -0.39 is 0 Å². The molecule has 0 aromatic carbocycles. The second kappa shape index (κ2) is 6.10. The van der Waals surface area contributed by atoms with Crippen molar-refractivity contribution in [2.75, 3.05) is 6.54 Å². The maximum absolute atomic E-state index is 12.8. The topological polar surface area (TPSA) is 63.2 Å². The van der Waals surface area contributed by atoms with Crippen molar-refractivity contribution < 1.29 is 14.4 Å². The highest BCUT2D eigenvalue weighted by Crippen LogP contribution is 2.41. The molecule has 5 heteroatoms. The molecule has 2 saturated carbocycles. The van der Waals surface area contributed by atoms with E-state index in [0.29, 0.717) is 37.3 Å². The van der Waals surface area contributed by atoms with Crippen LogP contribution in [0.1, 0.15) is 70.6 Å². The van der Waals surface area contributed by atoms with Crippen LogP contribution in [0.2, 0.25) is 0 Å². The van der Waals surface area contributed by atoms with Crippen molar-refractivity contribution in [3.05, 3.63) is 20.9 Å². The molecule has 0 radical (unpaired) electrons. The van der Waals surface area contributed by atoms with Crippen LogP contribution in [-0.4, -0.2) is 24.0 Å². The van der Waals surface area contributed by atoms with Gasteiger partial charge in [-0.05, 0) is 43.6 Å². The molecule has 1 aromatic heterocycles. The number of hydrogen-bond acceptors (Lipinski definition) is 4. The molecule has 3 aliphatic carbocycles. The molecule has 4 nitrogen and oxygen atoms in total. The molecule has 0 aliphatic heterocycles. The van der Waals surface area contributed by atoms with Crippen molar-refractivity contribution in [1.82, 2.24) is 5.32 Å². The molecule has 0 spiro atoms. The van der Waals surface area contributed by atoms with Crippen molar-refractivity contribution in [3.63, 3.8) is 0 Å². The van der Waals surface area contributed by atoms with E-state index in [2.05, 4.69) is 5.32 Å². The fraction of sp³-hybridized carbons (Fsp3) is 0.632. The van der Waals surface area contributed by atoms with Gasteiger partial charge in [-0.15, -0.1) is 11.3 Å². The van der Waals surface area contributed by atoms with Crippen LogP contribution in [0.5, 0.6) is 0 Å². The summed E-state index contributed by atoms with van der Waals surface area (Å²) in [4.78, 5) is 39.3. The summed E-state index contributed by atoms with van der Waals surface area (Å²) in [6.45, 7) is 2.61. The molecule has 3 aliphatic rings. The fourth-order valence-electron chi connectivity index (χ4n) is 3.53. The Balaban J connectivity index is 1.65. The second-order valence-corrected chi connectivity index (χ2v) is 8.69. The number of Topliss-reactive ketones (excluding diaryl/α,β-unsaturated/α-hetero) is 2. The van der Waals surface area contributed by atoms with Gasteiger partial charge in [0.05, 0.1) is 5.56 Å². The molecule has 1 atom stereocenters. The Labute approximate surface area is 146 Å². The van der Waals surface area contributed by atoms with E-state index >= 15 is 0 Å². The zero-order valence-corrected chi connectivity index (χ0v) is 14.8. The second-order valence-electron chi connectivity index (χ2n) is 7.50. The number of ketones is 2. The molecule has 4 rings (SSSR count). The van der Waals surface area contributed by atoms with Crippen molar-refractivity contribution in [1.29, 1.82) is 0 Å². The molecule has 1 unspecified atom stereocenters. The minimum absolute atomic E-state index is 0.0838. The summed E-state index contributed by atoms with van der Waals surface area (Å²) < 4.78 is 0. The molecule has 2 fully saturated rings. The number of carbonyl (C=O) groups excluding carboxylic acids is 3. The van der Waals surface area contributed by atoms with E-state index in [1.54, 1.807) is 11.3 Å². The van der Waals surface area contributed by atoms with Gasteiger partial charge < -0.3 is 5.32 Å². The van der Waals surface area contributed by atoms with Gasteiger partial charge in [-0.2, -0.15) is 0 Å². The van der Waals surface area contributed by atoms with Crippen LogP contribution in [0.3, 0.4) is 0 Å². The van der Waals surface area contributed by atoms with Crippen molar-refractivity contribution in [2.45, 2.75) is 57.8 Å². The smallest absolute Gasteiger partial charge is 0.252 e. The third-order valence-electron chi connectivity index (χ3n) is 5.45.